The topological polar surface area (TPSA) is 74.3 Å². The molecule has 0 aliphatic carbocycles. The summed E-state index contributed by atoms with van der Waals surface area (Å²) in [6, 6.07) is 9.95. The van der Waals surface area contributed by atoms with Crippen molar-refractivity contribution < 1.29 is 9.59 Å². The zero-order chi connectivity index (χ0) is 21.1. The molecule has 1 aromatic heterocycles. The minimum atomic E-state index is -0.148. The summed E-state index contributed by atoms with van der Waals surface area (Å²) in [7, 11) is 0. The predicted octanol–water partition coefficient (Wildman–Crippen LogP) is 4.30. The summed E-state index contributed by atoms with van der Waals surface area (Å²) in [6.07, 6.45) is 3.32. The molecular formula is C22H32N4O2S. The molecule has 7 heteroatoms. The van der Waals surface area contributed by atoms with E-state index in [1.807, 2.05) is 44.2 Å². The summed E-state index contributed by atoms with van der Waals surface area (Å²) in [5.41, 5.74) is 1.45. The molecule has 0 radical (unpaired) electrons. The summed E-state index contributed by atoms with van der Waals surface area (Å²) in [5.74, 6) is -0.185. The van der Waals surface area contributed by atoms with Crippen molar-refractivity contribution in [2.45, 2.75) is 59.0 Å². The van der Waals surface area contributed by atoms with E-state index in [4.69, 9.17) is 0 Å². The summed E-state index contributed by atoms with van der Waals surface area (Å²) >= 11 is 1.44. The first-order valence-corrected chi connectivity index (χ1v) is 11.2. The Morgan fingerprint density at radius 3 is 2.66 bits per heavy atom. The van der Waals surface area contributed by atoms with Crippen molar-refractivity contribution in [1.82, 2.24) is 15.2 Å². The number of rotatable bonds is 12. The minimum Gasteiger partial charge on any atom is -0.362 e. The summed E-state index contributed by atoms with van der Waals surface area (Å²) in [4.78, 5) is 31.5. The molecule has 6 nitrogen and oxygen atoms in total. The van der Waals surface area contributed by atoms with E-state index in [0.717, 1.165) is 36.5 Å². The first kappa shape index (κ1) is 22.9. The molecule has 1 heterocycles. The largest absolute Gasteiger partial charge is 0.362 e. The van der Waals surface area contributed by atoms with Gasteiger partial charge in [-0.1, -0.05) is 50.6 Å². The highest BCUT2D eigenvalue weighted by Crippen LogP contribution is 2.18. The highest BCUT2D eigenvalue weighted by atomic mass is 32.1. The number of unbranched alkanes of at least 4 members (excludes halogenated alkanes) is 1. The number of nitrogens with one attached hydrogen (secondary N) is 2. The molecule has 29 heavy (non-hydrogen) atoms. The van der Waals surface area contributed by atoms with E-state index >= 15 is 0 Å². The van der Waals surface area contributed by atoms with Crippen LogP contribution in [0.1, 0.15) is 62.5 Å². The van der Waals surface area contributed by atoms with E-state index in [1.165, 1.54) is 11.3 Å². The lowest BCUT2D eigenvalue weighted by Crippen LogP contribution is -2.37. The van der Waals surface area contributed by atoms with Gasteiger partial charge < -0.3 is 15.5 Å². The lowest BCUT2D eigenvalue weighted by atomic mass is 10.2. The Morgan fingerprint density at radius 1 is 1.21 bits per heavy atom. The van der Waals surface area contributed by atoms with Crippen molar-refractivity contribution in [3.05, 3.63) is 47.0 Å². The number of aromatic nitrogens is 1. The van der Waals surface area contributed by atoms with Crippen molar-refractivity contribution in [2.75, 3.05) is 18.4 Å². The Morgan fingerprint density at radius 2 is 1.97 bits per heavy atom. The Balaban J connectivity index is 2.05. The monoisotopic (exact) mass is 416 g/mol. The van der Waals surface area contributed by atoms with Crippen molar-refractivity contribution in [1.29, 1.82) is 0 Å². The molecule has 0 spiro atoms. The predicted molar refractivity (Wildman–Crippen MR) is 119 cm³/mol. The van der Waals surface area contributed by atoms with Crippen LogP contribution in [0.15, 0.2) is 35.7 Å². The first-order chi connectivity index (χ1) is 14.0. The highest BCUT2D eigenvalue weighted by molar-refractivity contribution is 7.13. The van der Waals surface area contributed by atoms with E-state index in [-0.39, 0.29) is 24.3 Å². The molecule has 0 saturated heterocycles. The minimum absolute atomic E-state index is 0.0367. The molecular weight excluding hydrogens is 384 g/mol. The van der Waals surface area contributed by atoms with Gasteiger partial charge in [0.1, 0.15) is 5.69 Å². The van der Waals surface area contributed by atoms with Crippen LogP contribution in [-0.2, 0) is 11.3 Å². The van der Waals surface area contributed by atoms with Crippen molar-refractivity contribution in [2.24, 2.45) is 0 Å². The Bertz CT molecular complexity index is 763. The second kappa shape index (κ2) is 12.2. The van der Waals surface area contributed by atoms with Gasteiger partial charge >= 0.3 is 0 Å². The molecule has 1 atom stereocenters. The number of anilines is 1. The second-order valence-corrected chi connectivity index (χ2v) is 8.02. The van der Waals surface area contributed by atoms with Gasteiger partial charge in [0.05, 0.1) is 0 Å². The summed E-state index contributed by atoms with van der Waals surface area (Å²) < 4.78 is 0. The average Bonchev–Trinajstić information content (AvgIpc) is 3.20. The van der Waals surface area contributed by atoms with Gasteiger partial charge in [-0.25, -0.2) is 4.98 Å². The van der Waals surface area contributed by atoms with Gasteiger partial charge in [0.25, 0.3) is 5.91 Å². The smallest absolute Gasteiger partial charge is 0.273 e. The van der Waals surface area contributed by atoms with Crippen molar-refractivity contribution >= 4 is 28.3 Å². The Labute approximate surface area is 177 Å². The van der Waals surface area contributed by atoms with Gasteiger partial charge in [-0.2, -0.15) is 0 Å². The van der Waals surface area contributed by atoms with E-state index in [2.05, 4.69) is 22.5 Å². The van der Waals surface area contributed by atoms with E-state index in [9.17, 15) is 9.59 Å². The molecule has 1 unspecified atom stereocenters. The third kappa shape index (κ3) is 7.85. The van der Waals surface area contributed by atoms with Crippen LogP contribution in [0.4, 0.5) is 5.13 Å². The van der Waals surface area contributed by atoms with Gasteiger partial charge in [0.2, 0.25) is 5.91 Å². The quantitative estimate of drug-likeness (QED) is 0.506. The molecule has 2 amide bonds. The average molecular weight is 417 g/mol. The number of nitrogens with zero attached hydrogens (tertiary/aromatic N) is 2. The van der Waals surface area contributed by atoms with Crippen LogP contribution in [0.2, 0.25) is 0 Å². The van der Waals surface area contributed by atoms with Crippen LogP contribution in [0, 0.1) is 0 Å². The molecule has 0 bridgehead atoms. The summed E-state index contributed by atoms with van der Waals surface area (Å²) in [5, 5.41) is 8.77. The first-order valence-electron chi connectivity index (χ1n) is 10.3. The number of hydrogen-bond acceptors (Lipinski definition) is 5. The van der Waals surface area contributed by atoms with Crippen LogP contribution in [-0.4, -0.2) is 40.8 Å². The number of benzene rings is 1. The highest BCUT2D eigenvalue weighted by Gasteiger charge is 2.20. The van der Waals surface area contributed by atoms with Crippen LogP contribution >= 0.6 is 11.3 Å². The molecule has 2 N–H and O–H groups in total. The fraction of sp³-hybridized carbons (Fsp3) is 0.500. The zero-order valence-corrected chi connectivity index (χ0v) is 18.4. The van der Waals surface area contributed by atoms with Gasteiger partial charge in [-0.3, -0.25) is 9.59 Å². The fourth-order valence-electron chi connectivity index (χ4n) is 2.73. The maximum Gasteiger partial charge on any atom is 0.273 e. The van der Waals surface area contributed by atoms with Gasteiger partial charge in [-0.05, 0) is 25.3 Å². The van der Waals surface area contributed by atoms with Gasteiger partial charge in [0.15, 0.2) is 5.13 Å². The van der Waals surface area contributed by atoms with Crippen LogP contribution < -0.4 is 10.6 Å². The molecule has 0 aliphatic heterocycles. The molecule has 158 valence electrons. The van der Waals surface area contributed by atoms with Crippen LogP contribution in [0.25, 0.3) is 0 Å². The standard InChI is InChI=1S/C22H32N4O2S/c1-4-6-13-23-22-25-19(16-29-22)21(28)26(15-18-10-8-7-9-11-18)14-12-20(27)24-17(3)5-2/h7-11,16-17H,4-6,12-15H2,1-3H3,(H,23,25)(H,24,27). The lowest BCUT2D eigenvalue weighted by Gasteiger charge is -2.22. The molecule has 1 aromatic carbocycles. The fourth-order valence-corrected chi connectivity index (χ4v) is 3.44. The molecule has 0 saturated carbocycles. The maximum absolute atomic E-state index is 13.1. The van der Waals surface area contributed by atoms with Crippen LogP contribution in [0.5, 0.6) is 0 Å². The maximum atomic E-state index is 13.1. The summed E-state index contributed by atoms with van der Waals surface area (Å²) in [6.45, 7) is 7.80. The number of carbonyl (C=O) groups excluding carboxylic acids is 2. The van der Waals surface area contributed by atoms with Gasteiger partial charge in [0, 0.05) is 37.5 Å². The van der Waals surface area contributed by atoms with Crippen molar-refractivity contribution in [3.8, 4) is 0 Å². The lowest BCUT2D eigenvalue weighted by molar-refractivity contribution is -0.121. The van der Waals surface area contributed by atoms with E-state index in [0.29, 0.717) is 18.8 Å². The number of thiazole rings is 1. The third-order valence-electron chi connectivity index (χ3n) is 4.66. The van der Waals surface area contributed by atoms with Crippen LogP contribution in [0.3, 0.4) is 0 Å². The molecule has 0 aliphatic rings. The number of hydrogen-bond donors (Lipinski definition) is 2. The Kier molecular flexibility index (Phi) is 9.64. The van der Waals surface area contributed by atoms with Gasteiger partial charge in [-0.15, -0.1) is 11.3 Å². The van der Waals surface area contributed by atoms with Crippen molar-refractivity contribution in [3.63, 3.8) is 0 Å². The van der Waals surface area contributed by atoms with E-state index in [1.54, 1.807) is 10.3 Å². The molecule has 2 aromatic rings. The molecule has 0 fully saturated rings. The van der Waals surface area contributed by atoms with E-state index < -0.39 is 0 Å². The SMILES string of the molecule is CCCCNc1nc(C(=O)N(CCC(=O)NC(C)CC)Cc2ccccc2)cs1. The Hall–Kier alpha value is -2.41. The third-order valence-corrected chi connectivity index (χ3v) is 5.46. The zero-order valence-electron chi connectivity index (χ0n) is 17.6. The second-order valence-electron chi connectivity index (χ2n) is 7.16. The number of carbonyl (C=O) groups is 2. The molecule has 2 rings (SSSR count). The number of amides is 2. The normalized spacial score (nSPS) is 11.7.